The molecule has 1 saturated heterocycles. The molecule has 3 rings (SSSR count). The van der Waals surface area contributed by atoms with E-state index in [0.29, 0.717) is 18.8 Å². The van der Waals surface area contributed by atoms with E-state index in [1.807, 2.05) is 0 Å². The topological polar surface area (TPSA) is 98.8 Å². The Bertz CT molecular complexity index is 856. The molecule has 8 nitrogen and oxygen atoms in total. The molecule has 0 aromatic carbocycles. The number of pyridine rings is 1. The van der Waals surface area contributed by atoms with Crippen LogP contribution < -0.4 is 10.9 Å². The fourth-order valence-electron chi connectivity index (χ4n) is 3.40. The van der Waals surface area contributed by atoms with Gasteiger partial charge in [-0.05, 0) is 24.0 Å². The lowest BCUT2D eigenvalue weighted by molar-refractivity contribution is -0.385. The summed E-state index contributed by atoms with van der Waals surface area (Å²) < 4.78 is 7.01. The van der Waals surface area contributed by atoms with Crippen LogP contribution in [0.25, 0.3) is 5.65 Å². The fraction of sp³-hybridized carbons (Fsp3) is 0.529. The third-order valence-corrected chi connectivity index (χ3v) is 4.49. The molecular weight excluding hydrogens is 324 g/mol. The van der Waals surface area contributed by atoms with E-state index in [-0.39, 0.29) is 23.3 Å². The minimum Gasteiger partial charge on any atom is -0.377 e. The lowest BCUT2D eigenvalue weighted by atomic mass is 9.81. The normalized spacial score (nSPS) is 20.8. The second-order valence-electron chi connectivity index (χ2n) is 7.39. The van der Waals surface area contributed by atoms with Crippen LogP contribution in [0.5, 0.6) is 0 Å². The van der Waals surface area contributed by atoms with Crippen LogP contribution in [0.1, 0.15) is 27.2 Å². The highest BCUT2D eigenvalue weighted by Gasteiger charge is 2.37. The molecule has 3 heterocycles. The molecule has 2 atom stereocenters. The van der Waals surface area contributed by atoms with Crippen LogP contribution in [-0.2, 0) is 4.74 Å². The molecule has 0 spiro atoms. The number of nitro groups is 1. The number of hydrogen-bond donors (Lipinski definition) is 1. The number of nitrogens with one attached hydrogen (secondary N) is 1. The zero-order valence-corrected chi connectivity index (χ0v) is 14.6. The average molecular weight is 346 g/mol. The summed E-state index contributed by atoms with van der Waals surface area (Å²) in [5.74, 6) is 0.219. The molecule has 8 heteroatoms. The molecule has 0 saturated carbocycles. The van der Waals surface area contributed by atoms with Crippen molar-refractivity contribution < 1.29 is 9.66 Å². The van der Waals surface area contributed by atoms with Crippen molar-refractivity contribution in [2.24, 2.45) is 11.3 Å². The molecule has 2 aromatic rings. The Labute approximate surface area is 145 Å². The molecule has 25 heavy (non-hydrogen) atoms. The number of hydrogen-bond acceptors (Lipinski definition) is 6. The van der Waals surface area contributed by atoms with Crippen LogP contribution in [0.15, 0.2) is 29.2 Å². The Hall–Kier alpha value is -2.48. The van der Waals surface area contributed by atoms with Crippen molar-refractivity contribution in [2.45, 2.75) is 33.3 Å². The van der Waals surface area contributed by atoms with Crippen LogP contribution in [0, 0.1) is 21.4 Å². The SMILES string of the molecule is CC(C)(C)C1OCCC1CNc1nc2ccccn2c(=O)c1[N+](=O)[O-]. The van der Waals surface area contributed by atoms with Crippen molar-refractivity contribution in [1.29, 1.82) is 0 Å². The number of nitrogens with zero attached hydrogens (tertiary/aromatic N) is 3. The van der Waals surface area contributed by atoms with Crippen molar-refractivity contribution >= 4 is 17.2 Å². The predicted octanol–water partition coefficient (Wildman–Crippen LogP) is 2.47. The third kappa shape index (κ3) is 3.34. The van der Waals surface area contributed by atoms with Crippen LogP contribution in [-0.4, -0.2) is 33.6 Å². The Morgan fingerprint density at radius 3 is 2.88 bits per heavy atom. The van der Waals surface area contributed by atoms with Crippen LogP contribution in [0.4, 0.5) is 11.5 Å². The Morgan fingerprint density at radius 2 is 2.20 bits per heavy atom. The predicted molar refractivity (Wildman–Crippen MR) is 93.9 cm³/mol. The van der Waals surface area contributed by atoms with Gasteiger partial charge in [0.25, 0.3) is 0 Å². The first kappa shape index (κ1) is 17.3. The number of fused-ring (bicyclic) bond motifs is 1. The summed E-state index contributed by atoms with van der Waals surface area (Å²) in [5, 5.41) is 14.4. The molecule has 1 N–H and O–H groups in total. The van der Waals surface area contributed by atoms with E-state index in [4.69, 9.17) is 4.74 Å². The Balaban J connectivity index is 1.92. The second-order valence-corrected chi connectivity index (χ2v) is 7.39. The van der Waals surface area contributed by atoms with Crippen LogP contribution >= 0.6 is 0 Å². The summed E-state index contributed by atoms with van der Waals surface area (Å²) in [6.07, 6.45) is 2.40. The number of rotatable bonds is 4. The van der Waals surface area contributed by atoms with Crippen LogP contribution in [0.3, 0.4) is 0 Å². The van der Waals surface area contributed by atoms with Gasteiger partial charge in [-0.3, -0.25) is 19.3 Å². The van der Waals surface area contributed by atoms with Gasteiger partial charge >= 0.3 is 11.2 Å². The van der Waals surface area contributed by atoms with Gasteiger partial charge in [-0.15, -0.1) is 0 Å². The third-order valence-electron chi connectivity index (χ3n) is 4.49. The molecule has 2 aromatic heterocycles. The van der Waals surface area contributed by atoms with Gasteiger partial charge in [0, 0.05) is 25.3 Å². The highest BCUT2D eigenvalue weighted by Crippen LogP contribution is 2.35. The first-order valence-electron chi connectivity index (χ1n) is 8.30. The van der Waals surface area contributed by atoms with E-state index < -0.39 is 16.2 Å². The van der Waals surface area contributed by atoms with Crippen molar-refractivity contribution in [1.82, 2.24) is 9.38 Å². The van der Waals surface area contributed by atoms with Crippen molar-refractivity contribution in [3.63, 3.8) is 0 Å². The van der Waals surface area contributed by atoms with Gasteiger partial charge in [-0.25, -0.2) is 4.98 Å². The van der Waals surface area contributed by atoms with E-state index in [2.05, 4.69) is 31.1 Å². The molecule has 134 valence electrons. The van der Waals surface area contributed by atoms with Gasteiger partial charge in [-0.1, -0.05) is 26.8 Å². The molecular formula is C17H22N4O4. The second kappa shape index (κ2) is 6.44. The summed E-state index contributed by atoms with van der Waals surface area (Å²) in [4.78, 5) is 27.4. The number of anilines is 1. The molecule has 1 aliphatic rings. The molecule has 0 radical (unpaired) electrons. The molecule has 0 aliphatic carbocycles. The fourth-order valence-corrected chi connectivity index (χ4v) is 3.40. The largest absolute Gasteiger partial charge is 0.377 e. The monoisotopic (exact) mass is 346 g/mol. The average Bonchev–Trinajstić information content (AvgIpc) is 3.01. The van der Waals surface area contributed by atoms with Gasteiger partial charge in [0.05, 0.1) is 11.0 Å². The summed E-state index contributed by atoms with van der Waals surface area (Å²) in [6, 6.07) is 5.02. The maximum Gasteiger partial charge on any atom is 0.376 e. The molecule has 0 bridgehead atoms. The first-order chi connectivity index (χ1) is 11.8. The quantitative estimate of drug-likeness (QED) is 0.674. The van der Waals surface area contributed by atoms with Crippen LogP contribution in [0.2, 0.25) is 0 Å². The van der Waals surface area contributed by atoms with Gasteiger partial charge in [0.15, 0.2) is 0 Å². The summed E-state index contributed by atoms with van der Waals surface area (Å²) in [6.45, 7) is 7.47. The van der Waals surface area contributed by atoms with E-state index in [9.17, 15) is 14.9 Å². The number of aromatic nitrogens is 2. The zero-order chi connectivity index (χ0) is 18.2. The highest BCUT2D eigenvalue weighted by molar-refractivity contribution is 5.59. The Morgan fingerprint density at radius 1 is 1.44 bits per heavy atom. The summed E-state index contributed by atoms with van der Waals surface area (Å²) >= 11 is 0. The summed E-state index contributed by atoms with van der Waals surface area (Å²) in [7, 11) is 0. The minimum atomic E-state index is -0.687. The standard InChI is InChI=1S/C17H22N4O4/c1-17(2,3)14-11(7-9-25-14)10-18-15-13(21(23)24)16(22)20-8-5-4-6-12(20)19-15/h4-6,8,11,14,18H,7,9-10H2,1-3H3. The van der Waals surface area contributed by atoms with Crippen molar-refractivity contribution in [3.05, 3.63) is 44.9 Å². The van der Waals surface area contributed by atoms with E-state index >= 15 is 0 Å². The van der Waals surface area contributed by atoms with E-state index in [1.165, 1.54) is 10.6 Å². The van der Waals surface area contributed by atoms with E-state index in [1.54, 1.807) is 18.2 Å². The summed E-state index contributed by atoms with van der Waals surface area (Å²) in [5.41, 5.74) is -0.871. The maximum atomic E-state index is 12.4. The van der Waals surface area contributed by atoms with Crippen molar-refractivity contribution in [2.75, 3.05) is 18.5 Å². The molecule has 1 fully saturated rings. The van der Waals surface area contributed by atoms with Crippen molar-refractivity contribution in [3.8, 4) is 0 Å². The van der Waals surface area contributed by atoms with Gasteiger partial charge in [-0.2, -0.15) is 0 Å². The number of ether oxygens (including phenoxy) is 1. The highest BCUT2D eigenvalue weighted by atomic mass is 16.6. The zero-order valence-electron chi connectivity index (χ0n) is 14.6. The first-order valence-corrected chi connectivity index (χ1v) is 8.30. The Kier molecular flexibility index (Phi) is 4.47. The van der Waals surface area contributed by atoms with Gasteiger partial charge < -0.3 is 10.1 Å². The van der Waals surface area contributed by atoms with Gasteiger partial charge in [0.2, 0.25) is 5.82 Å². The molecule has 0 amide bonds. The smallest absolute Gasteiger partial charge is 0.376 e. The molecule has 2 unspecified atom stereocenters. The van der Waals surface area contributed by atoms with Gasteiger partial charge in [0.1, 0.15) is 5.65 Å². The minimum absolute atomic E-state index is 0.0146. The maximum absolute atomic E-state index is 12.4. The lowest BCUT2D eigenvalue weighted by Gasteiger charge is -2.31. The lowest BCUT2D eigenvalue weighted by Crippen LogP contribution is -2.35. The molecule has 1 aliphatic heterocycles. The van der Waals surface area contributed by atoms with E-state index in [0.717, 1.165) is 6.42 Å².